The van der Waals surface area contributed by atoms with Crippen LogP contribution in [-0.2, 0) is 10.0 Å². The second-order valence-corrected chi connectivity index (χ2v) is 8.50. The summed E-state index contributed by atoms with van der Waals surface area (Å²) in [6.45, 7) is 0. The molecule has 3 aromatic heterocycles. The maximum absolute atomic E-state index is 13.1. The first-order chi connectivity index (χ1) is 13.1. The number of benzene rings is 1. The molecular weight excluding hydrogens is 388 g/mol. The Morgan fingerprint density at radius 3 is 2.93 bits per heavy atom. The van der Waals surface area contributed by atoms with E-state index in [-0.39, 0.29) is 10.4 Å². The van der Waals surface area contributed by atoms with Gasteiger partial charge in [0.2, 0.25) is 10.0 Å². The van der Waals surface area contributed by atoms with E-state index in [9.17, 15) is 8.42 Å². The van der Waals surface area contributed by atoms with Crippen molar-refractivity contribution in [3.8, 4) is 0 Å². The molecule has 0 bridgehead atoms. The van der Waals surface area contributed by atoms with Crippen molar-refractivity contribution in [2.75, 3.05) is 12.0 Å². The van der Waals surface area contributed by atoms with Gasteiger partial charge in [-0.05, 0) is 53.0 Å². The van der Waals surface area contributed by atoms with Gasteiger partial charge in [-0.3, -0.25) is 4.40 Å². The lowest BCUT2D eigenvalue weighted by Gasteiger charge is -2.17. The fourth-order valence-electron chi connectivity index (χ4n) is 2.82. The first-order valence-electron chi connectivity index (χ1n) is 8.12. The summed E-state index contributed by atoms with van der Waals surface area (Å²) in [6.07, 6.45) is 4.34. The van der Waals surface area contributed by atoms with E-state index >= 15 is 0 Å². The molecule has 1 N–H and O–H groups in total. The Balaban J connectivity index is 1.74. The fourth-order valence-corrected chi connectivity index (χ4v) is 4.67. The number of sulfonamides is 1. The third kappa shape index (κ3) is 3.40. The van der Waals surface area contributed by atoms with Gasteiger partial charge < -0.3 is 0 Å². The highest BCUT2D eigenvalue weighted by Gasteiger charge is 2.27. The molecular formula is C16H16N6O3S2. The van der Waals surface area contributed by atoms with Crippen molar-refractivity contribution in [2.24, 2.45) is 0 Å². The van der Waals surface area contributed by atoms with Crippen LogP contribution in [0.15, 0.2) is 52.1 Å². The van der Waals surface area contributed by atoms with Gasteiger partial charge in [0.15, 0.2) is 17.0 Å². The summed E-state index contributed by atoms with van der Waals surface area (Å²) in [7, 11) is -3.88. The third-order valence-corrected chi connectivity index (χ3v) is 6.25. The molecule has 140 valence electrons. The summed E-state index contributed by atoms with van der Waals surface area (Å²) in [5.74, 6) is 1.29. The Hall–Kier alpha value is -2.50. The summed E-state index contributed by atoms with van der Waals surface area (Å²) in [5, 5.41) is 15.8. The molecule has 1 unspecified atom stereocenters. The van der Waals surface area contributed by atoms with Crippen LogP contribution in [-0.4, -0.2) is 45.3 Å². The summed E-state index contributed by atoms with van der Waals surface area (Å²) < 4.78 is 35.3. The van der Waals surface area contributed by atoms with Gasteiger partial charge in [-0.25, -0.2) is 17.8 Å². The van der Waals surface area contributed by atoms with Crippen LogP contribution >= 0.6 is 11.8 Å². The molecule has 27 heavy (non-hydrogen) atoms. The maximum Gasteiger partial charge on any atom is 0.243 e. The third-order valence-electron chi connectivity index (χ3n) is 4.10. The van der Waals surface area contributed by atoms with Crippen molar-refractivity contribution < 1.29 is 13.0 Å². The van der Waals surface area contributed by atoms with E-state index in [4.69, 9.17) is 0 Å². The summed E-state index contributed by atoms with van der Waals surface area (Å²) in [5.41, 5.74) is 1.23. The number of hydrogen-bond donors (Lipinski definition) is 1. The maximum atomic E-state index is 13.1. The van der Waals surface area contributed by atoms with E-state index < -0.39 is 16.1 Å². The molecule has 0 saturated heterocycles. The van der Waals surface area contributed by atoms with Crippen LogP contribution in [0.5, 0.6) is 0 Å². The molecule has 0 spiro atoms. The van der Waals surface area contributed by atoms with E-state index in [1.54, 1.807) is 28.3 Å². The van der Waals surface area contributed by atoms with Crippen LogP contribution < -0.4 is 4.72 Å². The number of nitrogens with one attached hydrogen (secondary N) is 1. The Labute approximate surface area is 159 Å². The van der Waals surface area contributed by atoms with Gasteiger partial charge in [0, 0.05) is 6.20 Å². The van der Waals surface area contributed by atoms with Crippen molar-refractivity contribution >= 4 is 38.5 Å². The second-order valence-electron chi connectivity index (χ2n) is 5.83. The Kier molecular flexibility index (Phi) is 4.81. The van der Waals surface area contributed by atoms with E-state index in [1.807, 2.05) is 30.7 Å². The second kappa shape index (κ2) is 7.25. The highest BCUT2D eigenvalue weighted by Crippen LogP contribution is 2.24. The number of pyridine rings is 1. The van der Waals surface area contributed by atoms with E-state index in [2.05, 4.69) is 29.9 Å². The van der Waals surface area contributed by atoms with Gasteiger partial charge in [0.1, 0.15) is 10.4 Å². The van der Waals surface area contributed by atoms with Crippen LogP contribution in [0.3, 0.4) is 0 Å². The predicted octanol–water partition coefficient (Wildman–Crippen LogP) is 2.04. The summed E-state index contributed by atoms with van der Waals surface area (Å²) >= 11 is 1.63. The highest BCUT2D eigenvalue weighted by molar-refractivity contribution is 7.98. The molecule has 0 amide bonds. The average Bonchev–Trinajstić information content (AvgIpc) is 3.31. The summed E-state index contributed by atoms with van der Waals surface area (Å²) in [6, 6.07) is 9.69. The van der Waals surface area contributed by atoms with Gasteiger partial charge >= 0.3 is 0 Å². The zero-order chi connectivity index (χ0) is 18.9. The van der Waals surface area contributed by atoms with Crippen molar-refractivity contribution in [1.82, 2.24) is 29.6 Å². The fraction of sp³-hybridized carbons (Fsp3) is 0.250. The Morgan fingerprint density at radius 2 is 2.07 bits per heavy atom. The van der Waals surface area contributed by atoms with E-state index in [0.717, 1.165) is 5.75 Å². The van der Waals surface area contributed by atoms with Crippen molar-refractivity contribution in [1.29, 1.82) is 0 Å². The number of rotatable bonds is 7. The number of hydrogen-bond acceptors (Lipinski definition) is 8. The van der Waals surface area contributed by atoms with Gasteiger partial charge in [0.05, 0.1) is 6.04 Å². The van der Waals surface area contributed by atoms with E-state index in [0.29, 0.717) is 23.4 Å². The van der Waals surface area contributed by atoms with Gasteiger partial charge in [-0.2, -0.15) is 11.8 Å². The van der Waals surface area contributed by atoms with Crippen LogP contribution in [0.1, 0.15) is 18.3 Å². The minimum absolute atomic E-state index is 0.0178. The monoisotopic (exact) mass is 404 g/mol. The van der Waals surface area contributed by atoms with Crippen LogP contribution in [0.2, 0.25) is 0 Å². The lowest BCUT2D eigenvalue weighted by Crippen LogP contribution is -2.30. The van der Waals surface area contributed by atoms with Crippen LogP contribution in [0.25, 0.3) is 16.7 Å². The lowest BCUT2D eigenvalue weighted by molar-refractivity contribution is 0.315. The van der Waals surface area contributed by atoms with Crippen molar-refractivity contribution in [3.05, 3.63) is 48.4 Å². The average molecular weight is 404 g/mol. The quantitative estimate of drug-likeness (QED) is 0.497. The van der Waals surface area contributed by atoms with Crippen LogP contribution in [0, 0.1) is 0 Å². The number of fused-ring (bicyclic) bond motifs is 2. The molecule has 1 aromatic carbocycles. The smallest absolute Gasteiger partial charge is 0.243 e. The first kappa shape index (κ1) is 17.9. The van der Waals surface area contributed by atoms with Gasteiger partial charge in [-0.1, -0.05) is 12.1 Å². The zero-order valence-corrected chi connectivity index (χ0v) is 15.9. The molecule has 1 atom stereocenters. The zero-order valence-electron chi connectivity index (χ0n) is 14.3. The standard InChI is InChI=1S/C16H16N6O3S2/c1-26-10-8-12(16-18-17-14-7-2-3-9-22(14)16)21-27(23,24)13-6-4-5-11-15(13)20-25-19-11/h2-7,9,12,21H,8,10H2,1H3. The topological polar surface area (TPSA) is 115 Å². The highest BCUT2D eigenvalue weighted by atomic mass is 32.2. The van der Waals surface area contributed by atoms with Crippen LogP contribution in [0.4, 0.5) is 0 Å². The number of nitrogens with zero attached hydrogens (tertiary/aromatic N) is 5. The predicted molar refractivity (Wildman–Crippen MR) is 101 cm³/mol. The lowest BCUT2D eigenvalue weighted by atomic mass is 10.2. The Morgan fingerprint density at radius 1 is 1.19 bits per heavy atom. The van der Waals surface area contributed by atoms with Crippen molar-refractivity contribution in [2.45, 2.75) is 17.4 Å². The van der Waals surface area contributed by atoms with Gasteiger partial charge in [0.25, 0.3) is 0 Å². The molecule has 9 nitrogen and oxygen atoms in total. The normalized spacial score (nSPS) is 13.4. The number of thioether (sulfide) groups is 1. The molecule has 0 radical (unpaired) electrons. The minimum atomic E-state index is -3.88. The molecule has 0 fully saturated rings. The molecule has 4 rings (SSSR count). The van der Waals surface area contributed by atoms with Gasteiger partial charge in [-0.15, -0.1) is 10.2 Å². The molecule has 0 aliphatic carbocycles. The molecule has 0 saturated carbocycles. The Bertz CT molecular complexity index is 1190. The molecule has 0 aliphatic heterocycles. The summed E-state index contributed by atoms with van der Waals surface area (Å²) in [4.78, 5) is 0.0178. The van der Waals surface area contributed by atoms with E-state index in [1.165, 1.54) is 6.07 Å². The largest absolute Gasteiger partial charge is 0.285 e. The SMILES string of the molecule is CSCCC(NS(=O)(=O)c1cccc2nonc12)c1nnc2ccccn12. The first-order valence-corrected chi connectivity index (χ1v) is 11.0. The van der Waals surface area contributed by atoms with Crippen molar-refractivity contribution in [3.63, 3.8) is 0 Å². The molecule has 3 heterocycles. The molecule has 0 aliphatic rings. The molecule has 4 aromatic rings. The number of aromatic nitrogens is 5. The molecule has 11 heteroatoms. The minimum Gasteiger partial charge on any atom is -0.285 e.